The summed E-state index contributed by atoms with van der Waals surface area (Å²) in [5.74, 6) is -1.72. The summed E-state index contributed by atoms with van der Waals surface area (Å²) in [5, 5.41) is 0. The predicted octanol–water partition coefficient (Wildman–Crippen LogP) is 6.50. The zero-order chi connectivity index (χ0) is 29.0. The molecule has 0 saturated heterocycles. The molecule has 0 amide bonds. The van der Waals surface area contributed by atoms with Crippen LogP contribution in [-0.4, -0.2) is 45.2 Å². The largest absolute Gasteiger partial charge is 0.494 e. The van der Waals surface area contributed by atoms with Gasteiger partial charge < -0.3 is 19.9 Å². The highest BCUT2D eigenvalue weighted by Crippen LogP contribution is 2.29. The number of ether oxygens (including phenoxy) is 3. The molecule has 1 unspecified atom stereocenters. The monoisotopic (exact) mass is 541 g/mol. The SMILES string of the molecule is CC.CC.COC(=O)C(CCc1ccc(OCCCOCCCN)cc1)C(=O)c1ccc(C(F)(F)F)cc1. The summed E-state index contributed by atoms with van der Waals surface area (Å²) in [6.07, 6.45) is -2.36. The zero-order valence-electron chi connectivity index (χ0n) is 23.1. The summed E-state index contributed by atoms with van der Waals surface area (Å²) in [7, 11) is 1.17. The average molecular weight is 542 g/mol. The Labute approximate surface area is 224 Å². The highest BCUT2D eigenvalue weighted by Gasteiger charge is 2.32. The number of carbonyl (C=O) groups excluding carboxylic acids is 2. The Morgan fingerprint density at radius 1 is 0.868 bits per heavy atom. The van der Waals surface area contributed by atoms with Crippen molar-refractivity contribution in [3.05, 3.63) is 65.2 Å². The number of aryl methyl sites for hydroxylation is 1. The summed E-state index contributed by atoms with van der Waals surface area (Å²) in [6.45, 7) is 10.3. The first-order valence-electron chi connectivity index (χ1n) is 13.0. The third-order valence-corrected chi connectivity index (χ3v) is 5.14. The number of hydrogen-bond donors (Lipinski definition) is 1. The lowest BCUT2D eigenvalue weighted by Crippen LogP contribution is -2.26. The number of benzene rings is 2. The maximum atomic E-state index is 12.8. The van der Waals surface area contributed by atoms with Gasteiger partial charge in [0.25, 0.3) is 0 Å². The number of carbonyl (C=O) groups is 2. The highest BCUT2D eigenvalue weighted by molar-refractivity contribution is 6.08. The van der Waals surface area contributed by atoms with E-state index in [2.05, 4.69) is 0 Å². The smallest absolute Gasteiger partial charge is 0.416 e. The first-order valence-corrected chi connectivity index (χ1v) is 13.0. The molecule has 2 aromatic carbocycles. The minimum atomic E-state index is -4.50. The van der Waals surface area contributed by atoms with Crippen molar-refractivity contribution < 1.29 is 37.0 Å². The third kappa shape index (κ3) is 13.1. The van der Waals surface area contributed by atoms with Crippen LogP contribution in [-0.2, 0) is 26.9 Å². The van der Waals surface area contributed by atoms with Crippen molar-refractivity contribution in [1.29, 1.82) is 0 Å². The fraction of sp³-hybridized carbons (Fsp3) is 0.517. The van der Waals surface area contributed by atoms with Gasteiger partial charge in [-0.2, -0.15) is 13.2 Å². The van der Waals surface area contributed by atoms with Gasteiger partial charge in [-0.15, -0.1) is 0 Å². The molecule has 0 aliphatic carbocycles. The molecule has 2 N–H and O–H groups in total. The van der Waals surface area contributed by atoms with E-state index in [0.717, 1.165) is 42.7 Å². The minimum absolute atomic E-state index is 0.0270. The molecule has 0 radical (unpaired) electrons. The first kappa shape index (κ1) is 35.1. The summed E-state index contributed by atoms with van der Waals surface area (Å²) in [4.78, 5) is 25.0. The fourth-order valence-electron chi connectivity index (χ4n) is 3.22. The molecule has 0 aromatic heterocycles. The molecule has 1 atom stereocenters. The lowest BCUT2D eigenvalue weighted by molar-refractivity contribution is -0.144. The van der Waals surface area contributed by atoms with Crippen molar-refractivity contribution in [2.45, 2.75) is 59.6 Å². The van der Waals surface area contributed by atoms with Crippen molar-refractivity contribution >= 4 is 11.8 Å². The van der Waals surface area contributed by atoms with Crippen molar-refractivity contribution in [3.8, 4) is 5.75 Å². The van der Waals surface area contributed by atoms with Crippen molar-refractivity contribution in [2.24, 2.45) is 11.7 Å². The third-order valence-electron chi connectivity index (χ3n) is 5.14. The predicted molar refractivity (Wildman–Crippen MR) is 143 cm³/mol. The molecule has 214 valence electrons. The second kappa shape index (κ2) is 20.1. The lowest BCUT2D eigenvalue weighted by Gasteiger charge is -2.15. The topological polar surface area (TPSA) is 87.8 Å². The molecule has 0 bridgehead atoms. The lowest BCUT2D eigenvalue weighted by atomic mass is 9.91. The van der Waals surface area contributed by atoms with Gasteiger partial charge in [-0.25, -0.2) is 0 Å². The highest BCUT2D eigenvalue weighted by atomic mass is 19.4. The first-order chi connectivity index (χ1) is 18.3. The van der Waals surface area contributed by atoms with Crippen LogP contribution in [0.2, 0.25) is 0 Å². The summed E-state index contributed by atoms with van der Waals surface area (Å²) in [5.41, 5.74) is 5.45. The van der Waals surface area contributed by atoms with Crippen molar-refractivity contribution in [2.75, 3.05) is 33.5 Å². The molecule has 0 fully saturated rings. The van der Waals surface area contributed by atoms with Gasteiger partial charge in [0.15, 0.2) is 5.78 Å². The maximum Gasteiger partial charge on any atom is 0.416 e. The Morgan fingerprint density at radius 2 is 1.45 bits per heavy atom. The van der Waals surface area contributed by atoms with Crippen LogP contribution in [0, 0.1) is 5.92 Å². The number of hydrogen-bond acceptors (Lipinski definition) is 6. The summed E-state index contributed by atoms with van der Waals surface area (Å²) < 4.78 is 54.1. The Bertz CT molecular complexity index is 900. The second-order valence-corrected chi connectivity index (χ2v) is 7.65. The van der Waals surface area contributed by atoms with Gasteiger partial charge in [0, 0.05) is 25.2 Å². The number of methoxy groups -OCH3 is 1. The van der Waals surface area contributed by atoms with Crippen LogP contribution in [0.5, 0.6) is 5.75 Å². The number of nitrogens with two attached hydrogens (primary N) is 1. The molecule has 6 nitrogen and oxygen atoms in total. The number of alkyl halides is 3. The van der Waals surface area contributed by atoms with Crippen molar-refractivity contribution in [1.82, 2.24) is 0 Å². The molecule has 2 aromatic rings. The van der Waals surface area contributed by atoms with Crippen LogP contribution >= 0.6 is 0 Å². The van der Waals surface area contributed by atoms with Gasteiger partial charge in [0.1, 0.15) is 11.7 Å². The summed E-state index contributed by atoms with van der Waals surface area (Å²) in [6, 6.07) is 11.1. The van der Waals surface area contributed by atoms with E-state index in [-0.39, 0.29) is 12.0 Å². The van der Waals surface area contributed by atoms with Crippen LogP contribution in [0.3, 0.4) is 0 Å². The van der Waals surface area contributed by atoms with E-state index in [0.29, 0.717) is 38.5 Å². The van der Waals surface area contributed by atoms with Crippen LogP contribution in [0.1, 0.15) is 68.4 Å². The second-order valence-electron chi connectivity index (χ2n) is 7.65. The molecule has 0 aliphatic rings. The Hall–Kier alpha value is -2.91. The van der Waals surface area contributed by atoms with E-state index in [1.165, 1.54) is 7.11 Å². The maximum absolute atomic E-state index is 12.8. The molecule has 0 heterocycles. The van der Waals surface area contributed by atoms with Crippen LogP contribution in [0.15, 0.2) is 48.5 Å². The molecule has 9 heteroatoms. The van der Waals surface area contributed by atoms with Crippen LogP contribution in [0.4, 0.5) is 13.2 Å². The van der Waals surface area contributed by atoms with E-state index in [9.17, 15) is 22.8 Å². The fourth-order valence-corrected chi connectivity index (χ4v) is 3.22. The molecule has 38 heavy (non-hydrogen) atoms. The van der Waals surface area contributed by atoms with Crippen molar-refractivity contribution in [3.63, 3.8) is 0 Å². The van der Waals surface area contributed by atoms with Crippen LogP contribution < -0.4 is 10.5 Å². The van der Waals surface area contributed by atoms with Gasteiger partial charge in [0.05, 0.1) is 19.3 Å². The van der Waals surface area contributed by atoms with Gasteiger partial charge >= 0.3 is 12.1 Å². The number of rotatable bonds is 14. The molecular formula is C29H42F3NO5. The van der Waals surface area contributed by atoms with E-state index < -0.39 is 29.4 Å². The number of halogens is 3. The zero-order valence-corrected chi connectivity index (χ0v) is 23.1. The molecule has 0 saturated carbocycles. The van der Waals surface area contributed by atoms with E-state index in [1.807, 2.05) is 39.8 Å². The summed E-state index contributed by atoms with van der Waals surface area (Å²) >= 11 is 0. The minimum Gasteiger partial charge on any atom is -0.494 e. The standard InChI is InChI=1S/C25H30F3NO5.2C2H6/c1-32-24(31)22(23(30)19-7-9-20(10-8-19)25(26,27)28)13-6-18-4-11-21(12-5-18)34-17-3-16-33-15-2-14-29;2*1-2/h4-5,7-12,22H,2-3,6,13-17,29H2,1H3;2*1-2H3. The van der Waals surface area contributed by atoms with Gasteiger partial charge in [0.2, 0.25) is 0 Å². The van der Waals surface area contributed by atoms with Gasteiger partial charge in [-0.05, 0) is 55.6 Å². The normalized spacial score (nSPS) is 11.3. The van der Waals surface area contributed by atoms with E-state index >= 15 is 0 Å². The number of Topliss-reactive ketones (excluding diaryl/α,β-unsaturated/α-hetero) is 1. The molecule has 0 aliphatic heterocycles. The van der Waals surface area contributed by atoms with Gasteiger partial charge in [-0.3, -0.25) is 9.59 Å². The molecule has 2 rings (SSSR count). The number of ketones is 1. The number of esters is 1. The molecule has 0 spiro atoms. The van der Waals surface area contributed by atoms with Gasteiger partial charge in [-0.1, -0.05) is 52.0 Å². The Balaban J connectivity index is 0.00000326. The van der Waals surface area contributed by atoms with E-state index in [1.54, 1.807) is 12.1 Å². The van der Waals surface area contributed by atoms with Crippen LogP contribution in [0.25, 0.3) is 0 Å². The Morgan fingerprint density at radius 3 is 1.97 bits per heavy atom. The quantitative estimate of drug-likeness (QED) is 0.127. The average Bonchev–Trinajstić information content (AvgIpc) is 2.95. The molecular weight excluding hydrogens is 499 g/mol. The Kier molecular flexibility index (Phi) is 18.6. The van der Waals surface area contributed by atoms with E-state index in [4.69, 9.17) is 19.9 Å².